The molecule has 0 bridgehead atoms. The third-order valence-electron chi connectivity index (χ3n) is 5.06. The van der Waals surface area contributed by atoms with Crippen LogP contribution >= 0.6 is 0 Å². The number of aryl methyl sites for hydroxylation is 1. The summed E-state index contributed by atoms with van der Waals surface area (Å²) < 4.78 is 41.9. The molecule has 2 aromatic rings. The molecule has 0 aliphatic heterocycles. The minimum Gasteiger partial charge on any atom is -0.484 e. The SMILES string of the molecule is Cc1ccc(C(C)CC(=O)NC2(c3cccc(OCC(F)(F)F)c3)CC2)cc1. The van der Waals surface area contributed by atoms with Crippen molar-refractivity contribution in [2.24, 2.45) is 0 Å². The van der Waals surface area contributed by atoms with Crippen LogP contribution in [0.1, 0.15) is 48.8 Å². The van der Waals surface area contributed by atoms with E-state index in [4.69, 9.17) is 4.74 Å². The molecule has 1 atom stereocenters. The second kappa shape index (κ2) is 7.86. The topological polar surface area (TPSA) is 38.3 Å². The second-order valence-corrected chi connectivity index (χ2v) is 7.58. The van der Waals surface area contributed by atoms with Gasteiger partial charge >= 0.3 is 6.18 Å². The normalized spacial score (nSPS) is 16.3. The molecule has 3 rings (SSSR count). The minimum absolute atomic E-state index is 0.0628. The Labute approximate surface area is 162 Å². The van der Waals surface area contributed by atoms with E-state index < -0.39 is 18.3 Å². The molecule has 0 heterocycles. The Balaban J connectivity index is 1.62. The molecule has 1 saturated carbocycles. The highest BCUT2D eigenvalue weighted by atomic mass is 19.4. The van der Waals surface area contributed by atoms with E-state index in [0.717, 1.165) is 24.0 Å². The van der Waals surface area contributed by atoms with Gasteiger partial charge in [0, 0.05) is 6.42 Å². The van der Waals surface area contributed by atoms with Crippen molar-refractivity contribution in [1.82, 2.24) is 5.32 Å². The van der Waals surface area contributed by atoms with Crippen LogP contribution in [0, 0.1) is 6.92 Å². The summed E-state index contributed by atoms with van der Waals surface area (Å²) in [6.45, 7) is 2.70. The number of rotatable bonds is 7. The van der Waals surface area contributed by atoms with E-state index in [1.807, 2.05) is 44.2 Å². The molecule has 3 nitrogen and oxygen atoms in total. The van der Waals surface area contributed by atoms with Gasteiger partial charge in [-0.15, -0.1) is 0 Å². The number of carbonyl (C=O) groups excluding carboxylic acids is 1. The molecule has 28 heavy (non-hydrogen) atoms. The summed E-state index contributed by atoms with van der Waals surface area (Å²) in [5, 5.41) is 3.08. The summed E-state index contributed by atoms with van der Waals surface area (Å²) in [6, 6.07) is 14.7. The van der Waals surface area contributed by atoms with Crippen molar-refractivity contribution >= 4 is 5.91 Å². The molecule has 1 aliphatic rings. The van der Waals surface area contributed by atoms with Crippen LogP contribution in [0.4, 0.5) is 13.2 Å². The van der Waals surface area contributed by atoms with E-state index in [9.17, 15) is 18.0 Å². The minimum atomic E-state index is -4.38. The third-order valence-corrected chi connectivity index (χ3v) is 5.06. The molecule has 0 spiro atoms. The van der Waals surface area contributed by atoms with Crippen molar-refractivity contribution in [3.8, 4) is 5.75 Å². The van der Waals surface area contributed by atoms with Crippen LogP contribution in [0.5, 0.6) is 5.75 Å². The third kappa shape index (κ3) is 5.27. The van der Waals surface area contributed by atoms with Crippen molar-refractivity contribution in [2.45, 2.75) is 50.7 Å². The van der Waals surface area contributed by atoms with E-state index in [2.05, 4.69) is 5.32 Å². The molecule has 1 aliphatic carbocycles. The smallest absolute Gasteiger partial charge is 0.422 e. The quantitative estimate of drug-likeness (QED) is 0.701. The maximum atomic E-state index is 12.6. The van der Waals surface area contributed by atoms with Crippen LogP contribution in [0.15, 0.2) is 48.5 Å². The molecule has 1 amide bonds. The summed E-state index contributed by atoms with van der Waals surface area (Å²) in [6.07, 6.45) is -2.50. The number of amides is 1. The zero-order chi connectivity index (χ0) is 20.4. The monoisotopic (exact) mass is 391 g/mol. The zero-order valence-electron chi connectivity index (χ0n) is 16.0. The van der Waals surface area contributed by atoms with Gasteiger partial charge in [-0.1, -0.05) is 48.9 Å². The number of hydrogen-bond acceptors (Lipinski definition) is 2. The highest BCUT2D eigenvalue weighted by molar-refractivity contribution is 5.78. The van der Waals surface area contributed by atoms with Gasteiger partial charge in [-0.3, -0.25) is 4.79 Å². The Morgan fingerprint density at radius 2 is 1.86 bits per heavy atom. The number of hydrogen-bond donors (Lipinski definition) is 1. The Morgan fingerprint density at radius 3 is 2.46 bits per heavy atom. The molecule has 2 aromatic carbocycles. The summed E-state index contributed by atoms with van der Waals surface area (Å²) in [5.41, 5.74) is 2.56. The van der Waals surface area contributed by atoms with E-state index in [0.29, 0.717) is 6.42 Å². The number of ether oxygens (including phenoxy) is 1. The van der Waals surface area contributed by atoms with Gasteiger partial charge in [-0.2, -0.15) is 13.2 Å². The Kier molecular flexibility index (Phi) is 5.68. The standard InChI is InChI=1S/C22H24F3NO2/c1-15-6-8-17(9-7-15)16(2)12-20(27)26-21(10-11-21)18-4-3-5-19(13-18)28-14-22(23,24)25/h3-9,13,16H,10-12,14H2,1-2H3,(H,26,27). The Hall–Kier alpha value is -2.50. The van der Waals surface area contributed by atoms with E-state index in [1.165, 1.54) is 11.6 Å². The fraction of sp³-hybridized carbons (Fsp3) is 0.409. The van der Waals surface area contributed by atoms with Crippen LogP contribution in [0.2, 0.25) is 0 Å². The number of halogens is 3. The number of alkyl halides is 3. The molecule has 1 unspecified atom stereocenters. The summed E-state index contributed by atoms with van der Waals surface area (Å²) >= 11 is 0. The first-order valence-corrected chi connectivity index (χ1v) is 9.35. The fourth-order valence-electron chi connectivity index (χ4n) is 3.27. The van der Waals surface area contributed by atoms with Crippen LogP contribution in [-0.4, -0.2) is 18.7 Å². The van der Waals surface area contributed by atoms with Gasteiger partial charge in [-0.25, -0.2) is 0 Å². The maximum absolute atomic E-state index is 12.6. The average Bonchev–Trinajstić information content (AvgIpc) is 3.40. The molecular formula is C22H24F3NO2. The lowest BCUT2D eigenvalue weighted by molar-refractivity contribution is -0.153. The largest absolute Gasteiger partial charge is 0.484 e. The van der Waals surface area contributed by atoms with Crippen molar-refractivity contribution < 1.29 is 22.7 Å². The van der Waals surface area contributed by atoms with Crippen molar-refractivity contribution in [1.29, 1.82) is 0 Å². The van der Waals surface area contributed by atoms with E-state index in [-0.39, 0.29) is 17.6 Å². The fourth-order valence-corrected chi connectivity index (χ4v) is 3.27. The van der Waals surface area contributed by atoms with E-state index >= 15 is 0 Å². The second-order valence-electron chi connectivity index (χ2n) is 7.58. The molecule has 0 radical (unpaired) electrons. The molecule has 1 fully saturated rings. The lowest BCUT2D eigenvalue weighted by Crippen LogP contribution is -2.35. The molecule has 6 heteroatoms. The zero-order valence-corrected chi connectivity index (χ0v) is 16.0. The first-order chi connectivity index (χ1) is 13.2. The van der Waals surface area contributed by atoms with Gasteiger partial charge in [0.05, 0.1) is 5.54 Å². The summed E-state index contributed by atoms with van der Waals surface area (Å²) in [4.78, 5) is 12.6. The van der Waals surface area contributed by atoms with Crippen LogP contribution in [0.3, 0.4) is 0 Å². The average molecular weight is 391 g/mol. The Morgan fingerprint density at radius 1 is 1.18 bits per heavy atom. The van der Waals surface area contributed by atoms with Gasteiger partial charge in [-0.05, 0) is 48.9 Å². The van der Waals surface area contributed by atoms with Gasteiger partial charge in [0.15, 0.2) is 6.61 Å². The van der Waals surface area contributed by atoms with Crippen LogP contribution in [-0.2, 0) is 10.3 Å². The molecule has 0 aromatic heterocycles. The molecule has 1 N–H and O–H groups in total. The first-order valence-electron chi connectivity index (χ1n) is 9.35. The molecule has 150 valence electrons. The lowest BCUT2D eigenvalue weighted by atomic mass is 9.96. The van der Waals surface area contributed by atoms with Gasteiger partial charge in [0.25, 0.3) is 0 Å². The van der Waals surface area contributed by atoms with Crippen molar-refractivity contribution in [3.05, 3.63) is 65.2 Å². The Bertz CT molecular complexity index is 826. The highest BCUT2D eigenvalue weighted by Crippen LogP contribution is 2.46. The van der Waals surface area contributed by atoms with Crippen LogP contribution in [0.25, 0.3) is 0 Å². The molecule has 0 saturated heterocycles. The lowest BCUT2D eigenvalue weighted by Gasteiger charge is -2.21. The number of carbonyl (C=O) groups is 1. The summed E-state index contributed by atoms with van der Waals surface area (Å²) in [5.74, 6) is 0.174. The van der Waals surface area contributed by atoms with Gasteiger partial charge in [0.1, 0.15) is 5.75 Å². The summed E-state index contributed by atoms with van der Waals surface area (Å²) in [7, 11) is 0. The maximum Gasteiger partial charge on any atom is 0.422 e. The first kappa shape index (κ1) is 20.2. The number of benzene rings is 2. The van der Waals surface area contributed by atoms with Crippen molar-refractivity contribution in [2.75, 3.05) is 6.61 Å². The molecular weight excluding hydrogens is 367 g/mol. The van der Waals surface area contributed by atoms with Gasteiger partial charge in [0.2, 0.25) is 5.91 Å². The van der Waals surface area contributed by atoms with E-state index in [1.54, 1.807) is 12.1 Å². The van der Waals surface area contributed by atoms with Crippen molar-refractivity contribution in [3.63, 3.8) is 0 Å². The highest BCUT2D eigenvalue weighted by Gasteiger charge is 2.45. The predicted octanol–water partition coefficient (Wildman–Crippen LogP) is 5.24. The number of nitrogens with one attached hydrogen (secondary N) is 1. The van der Waals surface area contributed by atoms with Crippen LogP contribution < -0.4 is 10.1 Å². The van der Waals surface area contributed by atoms with Gasteiger partial charge < -0.3 is 10.1 Å². The predicted molar refractivity (Wildman–Crippen MR) is 101 cm³/mol.